The average Bonchev–Trinajstić information content (AvgIpc) is 3.23. The summed E-state index contributed by atoms with van der Waals surface area (Å²) in [4.78, 5) is 28.1. The molecule has 1 N–H and O–H groups in total. The van der Waals surface area contributed by atoms with Gasteiger partial charge in [-0.3, -0.25) is 9.47 Å². The summed E-state index contributed by atoms with van der Waals surface area (Å²) in [6, 6.07) is 12.2. The number of fused-ring (bicyclic) bond motifs is 1. The molecule has 1 aliphatic heterocycles. The third kappa shape index (κ3) is 4.63. The SMILES string of the molecule is N#Cc1cccc(Oc2ccc(COc3cc4n(c(=O)n3)CCN4C(=O)O)cc2C(F)(F)F)c1. The van der Waals surface area contributed by atoms with Crippen LogP contribution in [-0.4, -0.2) is 27.3 Å². The predicted molar refractivity (Wildman–Crippen MR) is 111 cm³/mol. The molecule has 0 fully saturated rings. The van der Waals surface area contributed by atoms with Crippen LogP contribution in [0.25, 0.3) is 0 Å². The third-order valence-corrected chi connectivity index (χ3v) is 4.95. The van der Waals surface area contributed by atoms with Crippen molar-refractivity contribution in [2.75, 3.05) is 11.4 Å². The molecule has 0 saturated carbocycles. The number of nitriles is 1. The van der Waals surface area contributed by atoms with Gasteiger partial charge in [0.05, 0.1) is 17.2 Å². The van der Waals surface area contributed by atoms with Crippen molar-refractivity contribution >= 4 is 11.9 Å². The molecule has 1 aliphatic rings. The molecule has 2 aromatic carbocycles. The Balaban J connectivity index is 1.57. The lowest BCUT2D eigenvalue weighted by Crippen LogP contribution is -2.27. The number of carboxylic acid groups (broad SMARTS) is 1. The summed E-state index contributed by atoms with van der Waals surface area (Å²) in [6.07, 6.45) is -6.00. The first-order chi connectivity index (χ1) is 16.2. The highest BCUT2D eigenvalue weighted by Crippen LogP contribution is 2.39. The second-order valence-electron chi connectivity index (χ2n) is 7.18. The minimum atomic E-state index is -4.75. The normalized spacial score (nSPS) is 12.7. The van der Waals surface area contributed by atoms with Gasteiger partial charge in [0.15, 0.2) is 0 Å². The van der Waals surface area contributed by atoms with Crippen LogP contribution >= 0.6 is 0 Å². The molecule has 34 heavy (non-hydrogen) atoms. The number of anilines is 1. The van der Waals surface area contributed by atoms with E-state index in [0.717, 1.165) is 21.6 Å². The van der Waals surface area contributed by atoms with Crippen LogP contribution in [0.3, 0.4) is 0 Å². The van der Waals surface area contributed by atoms with Crippen molar-refractivity contribution in [1.82, 2.24) is 9.55 Å². The number of rotatable bonds is 5. The van der Waals surface area contributed by atoms with E-state index in [9.17, 15) is 27.9 Å². The van der Waals surface area contributed by atoms with Gasteiger partial charge in [-0.2, -0.15) is 23.4 Å². The molecule has 9 nitrogen and oxygen atoms in total. The van der Waals surface area contributed by atoms with Gasteiger partial charge in [-0.05, 0) is 35.9 Å². The molecule has 0 saturated heterocycles. The van der Waals surface area contributed by atoms with Crippen LogP contribution in [0, 0.1) is 11.3 Å². The number of ether oxygens (including phenoxy) is 2. The molecule has 4 rings (SSSR count). The monoisotopic (exact) mass is 472 g/mol. The molecular formula is C22H15F3N4O5. The van der Waals surface area contributed by atoms with Crippen LogP contribution < -0.4 is 20.1 Å². The van der Waals surface area contributed by atoms with E-state index in [-0.39, 0.29) is 48.3 Å². The molecule has 1 amide bonds. The number of hydrogen-bond donors (Lipinski definition) is 1. The Morgan fingerprint density at radius 2 is 1.97 bits per heavy atom. The number of halogens is 3. The lowest BCUT2D eigenvalue weighted by atomic mass is 10.1. The Morgan fingerprint density at radius 3 is 2.68 bits per heavy atom. The Kier molecular flexibility index (Phi) is 5.85. The lowest BCUT2D eigenvalue weighted by Gasteiger charge is -2.16. The number of aromatic nitrogens is 2. The number of amides is 1. The van der Waals surface area contributed by atoms with Gasteiger partial charge in [-0.1, -0.05) is 12.1 Å². The van der Waals surface area contributed by atoms with E-state index in [1.54, 1.807) is 0 Å². The molecule has 12 heteroatoms. The number of benzene rings is 2. The number of hydrogen-bond acceptors (Lipinski definition) is 6. The van der Waals surface area contributed by atoms with Crippen molar-refractivity contribution in [2.24, 2.45) is 0 Å². The largest absolute Gasteiger partial charge is 0.473 e. The van der Waals surface area contributed by atoms with Crippen LogP contribution in [0.2, 0.25) is 0 Å². The van der Waals surface area contributed by atoms with E-state index >= 15 is 0 Å². The fourth-order valence-corrected chi connectivity index (χ4v) is 3.38. The zero-order chi connectivity index (χ0) is 24.5. The van der Waals surface area contributed by atoms with E-state index in [1.165, 1.54) is 36.4 Å². The van der Waals surface area contributed by atoms with Crippen molar-refractivity contribution in [2.45, 2.75) is 19.3 Å². The summed E-state index contributed by atoms with van der Waals surface area (Å²) in [5.41, 5.74) is -1.44. The van der Waals surface area contributed by atoms with Crippen molar-refractivity contribution in [3.8, 4) is 23.4 Å². The number of alkyl halides is 3. The molecule has 3 aromatic rings. The van der Waals surface area contributed by atoms with Gasteiger partial charge >= 0.3 is 18.0 Å². The minimum absolute atomic E-state index is 0.0688. The zero-order valence-corrected chi connectivity index (χ0v) is 17.2. The van der Waals surface area contributed by atoms with Crippen molar-refractivity contribution in [1.29, 1.82) is 5.26 Å². The summed E-state index contributed by atoms with van der Waals surface area (Å²) in [5.74, 6) is -0.537. The maximum atomic E-state index is 13.7. The second-order valence-corrected chi connectivity index (χ2v) is 7.18. The molecule has 0 aliphatic carbocycles. The molecular weight excluding hydrogens is 457 g/mol. The summed E-state index contributed by atoms with van der Waals surface area (Å²) in [5, 5.41) is 18.2. The van der Waals surface area contributed by atoms with Crippen molar-refractivity contribution in [3.05, 3.63) is 75.7 Å². The van der Waals surface area contributed by atoms with Gasteiger partial charge in [0.25, 0.3) is 0 Å². The molecule has 0 atom stereocenters. The Morgan fingerprint density at radius 1 is 1.18 bits per heavy atom. The van der Waals surface area contributed by atoms with E-state index in [1.807, 2.05) is 6.07 Å². The van der Waals surface area contributed by atoms with Gasteiger partial charge in [-0.15, -0.1) is 0 Å². The van der Waals surface area contributed by atoms with Gasteiger partial charge in [0, 0.05) is 19.2 Å². The Bertz CT molecular complexity index is 1360. The fraction of sp³-hybridized carbons (Fsp3) is 0.182. The summed E-state index contributed by atoms with van der Waals surface area (Å²) in [6.45, 7) is -0.152. The van der Waals surface area contributed by atoms with E-state index in [2.05, 4.69) is 4.98 Å². The van der Waals surface area contributed by atoms with E-state index < -0.39 is 29.3 Å². The lowest BCUT2D eigenvalue weighted by molar-refractivity contribution is -0.138. The van der Waals surface area contributed by atoms with Crippen LogP contribution in [0.4, 0.5) is 23.8 Å². The number of nitrogens with zero attached hydrogens (tertiary/aromatic N) is 4. The molecule has 0 radical (unpaired) electrons. The highest BCUT2D eigenvalue weighted by molar-refractivity contribution is 5.85. The number of carbonyl (C=O) groups is 1. The second kappa shape index (κ2) is 8.78. The summed E-state index contributed by atoms with van der Waals surface area (Å²) < 4.78 is 52.9. The average molecular weight is 472 g/mol. The highest BCUT2D eigenvalue weighted by Gasteiger charge is 2.35. The van der Waals surface area contributed by atoms with Gasteiger partial charge in [0.1, 0.15) is 23.9 Å². The third-order valence-electron chi connectivity index (χ3n) is 4.95. The summed E-state index contributed by atoms with van der Waals surface area (Å²) in [7, 11) is 0. The van der Waals surface area contributed by atoms with Gasteiger partial charge < -0.3 is 14.6 Å². The zero-order valence-electron chi connectivity index (χ0n) is 17.2. The summed E-state index contributed by atoms with van der Waals surface area (Å²) >= 11 is 0. The quantitative estimate of drug-likeness (QED) is 0.596. The van der Waals surface area contributed by atoms with Crippen molar-refractivity contribution < 1.29 is 32.5 Å². The maximum Gasteiger partial charge on any atom is 0.419 e. The van der Waals surface area contributed by atoms with E-state index in [0.29, 0.717) is 0 Å². The van der Waals surface area contributed by atoms with Crippen LogP contribution in [0.15, 0.2) is 53.3 Å². The Hall–Kier alpha value is -4.53. The standard InChI is InChI=1S/C22H15F3N4O5/c23-22(24,25)16-9-14(4-5-17(16)34-15-3-1-2-13(8-15)11-26)12-33-18-10-19-28(20(30)27-18)6-7-29(19)21(31)32/h1-5,8-10H,6-7,12H2,(H,31,32). The minimum Gasteiger partial charge on any atom is -0.473 e. The molecule has 174 valence electrons. The van der Waals surface area contributed by atoms with Gasteiger partial charge in [-0.25, -0.2) is 9.59 Å². The van der Waals surface area contributed by atoms with Crippen LogP contribution in [-0.2, 0) is 19.3 Å². The topological polar surface area (TPSA) is 118 Å². The maximum absolute atomic E-state index is 13.7. The molecule has 2 heterocycles. The van der Waals surface area contributed by atoms with E-state index in [4.69, 9.17) is 14.7 Å². The van der Waals surface area contributed by atoms with Crippen molar-refractivity contribution in [3.63, 3.8) is 0 Å². The Labute approximate surface area is 189 Å². The molecule has 1 aromatic heterocycles. The first-order valence-corrected chi connectivity index (χ1v) is 9.79. The molecule has 0 unspecified atom stereocenters. The first-order valence-electron chi connectivity index (χ1n) is 9.79. The van der Waals surface area contributed by atoms with Crippen LogP contribution in [0.5, 0.6) is 17.4 Å². The van der Waals surface area contributed by atoms with Gasteiger partial charge in [0.2, 0.25) is 5.88 Å². The highest BCUT2D eigenvalue weighted by atomic mass is 19.4. The molecule has 0 spiro atoms. The first kappa shape index (κ1) is 22.7. The predicted octanol–water partition coefficient (Wildman–Crippen LogP) is 4.00. The smallest absolute Gasteiger partial charge is 0.419 e. The van der Waals surface area contributed by atoms with Crippen LogP contribution in [0.1, 0.15) is 16.7 Å². The fourth-order valence-electron chi connectivity index (χ4n) is 3.38. The molecule has 0 bridgehead atoms.